The maximum Gasteiger partial charge on any atom is 0.238 e. The minimum atomic E-state index is -0.341. The first-order valence-electron chi connectivity index (χ1n) is 4.17. The third kappa shape index (κ3) is 3.26. The van der Waals surface area contributed by atoms with E-state index in [9.17, 15) is 4.79 Å². The van der Waals surface area contributed by atoms with Crippen molar-refractivity contribution in [2.75, 3.05) is 12.4 Å². The van der Waals surface area contributed by atoms with Crippen molar-refractivity contribution in [3.05, 3.63) is 22.7 Å². The van der Waals surface area contributed by atoms with Gasteiger partial charge < -0.3 is 10.1 Å². The van der Waals surface area contributed by atoms with Crippen LogP contribution in [0.1, 0.15) is 6.42 Å². The second-order valence-corrected chi connectivity index (χ2v) is 3.58. The summed E-state index contributed by atoms with van der Waals surface area (Å²) >= 11 is 3.29. The average Bonchev–Trinajstić information content (AvgIpc) is 2.21. The van der Waals surface area contributed by atoms with Crippen molar-refractivity contribution in [3.8, 4) is 11.8 Å². The van der Waals surface area contributed by atoms with Gasteiger partial charge in [-0.15, -0.1) is 0 Å². The van der Waals surface area contributed by atoms with Gasteiger partial charge in [-0.3, -0.25) is 4.79 Å². The summed E-state index contributed by atoms with van der Waals surface area (Å²) in [6.07, 6.45) is -0.163. The number of carbonyl (C=O) groups is 1. The molecule has 5 heteroatoms. The smallest absolute Gasteiger partial charge is 0.238 e. The summed E-state index contributed by atoms with van der Waals surface area (Å²) in [5.41, 5.74) is 0.592. The van der Waals surface area contributed by atoms with E-state index in [1.54, 1.807) is 31.4 Å². The van der Waals surface area contributed by atoms with Gasteiger partial charge in [-0.1, -0.05) is 0 Å². The van der Waals surface area contributed by atoms with Crippen molar-refractivity contribution in [3.63, 3.8) is 0 Å². The van der Waals surface area contributed by atoms with Crippen LogP contribution in [0.25, 0.3) is 0 Å². The second-order valence-electron chi connectivity index (χ2n) is 2.73. The van der Waals surface area contributed by atoms with Crippen molar-refractivity contribution in [1.29, 1.82) is 5.26 Å². The van der Waals surface area contributed by atoms with Crippen molar-refractivity contribution >= 4 is 27.5 Å². The van der Waals surface area contributed by atoms with E-state index in [1.807, 2.05) is 0 Å². The zero-order chi connectivity index (χ0) is 11.3. The highest BCUT2D eigenvalue weighted by Gasteiger charge is 2.06. The summed E-state index contributed by atoms with van der Waals surface area (Å²) in [4.78, 5) is 11.2. The van der Waals surface area contributed by atoms with Crippen LogP contribution in [0.5, 0.6) is 5.75 Å². The molecule has 0 unspecified atom stereocenters. The van der Waals surface area contributed by atoms with Crippen LogP contribution in [-0.4, -0.2) is 13.0 Å². The predicted molar refractivity (Wildman–Crippen MR) is 59.6 cm³/mol. The van der Waals surface area contributed by atoms with Gasteiger partial charge in [-0.2, -0.15) is 5.26 Å². The molecule has 0 aliphatic carbocycles. The van der Waals surface area contributed by atoms with Gasteiger partial charge in [0.1, 0.15) is 12.2 Å². The third-order valence-corrected chi connectivity index (χ3v) is 2.38. The zero-order valence-corrected chi connectivity index (χ0v) is 9.67. The van der Waals surface area contributed by atoms with Crippen LogP contribution in [0, 0.1) is 11.3 Å². The summed E-state index contributed by atoms with van der Waals surface area (Å²) in [5, 5.41) is 10.9. The lowest BCUT2D eigenvalue weighted by Crippen LogP contribution is -2.10. The van der Waals surface area contributed by atoms with E-state index in [4.69, 9.17) is 10.00 Å². The molecule has 15 heavy (non-hydrogen) atoms. The van der Waals surface area contributed by atoms with E-state index >= 15 is 0 Å². The van der Waals surface area contributed by atoms with Gasteiger partial charge in [0.2, 0.25) is 5.91 Å². The molecule has 1 aromatic rings. The number of halogens is 1. The van der Waals surface area contributed by atoms with Crippen LogP contribution in [0.2, 0.25) is 0 Å². The van der Waals surface area contributed by atoms with Gasteiger partial charge >= 0.3 is 0 Å². The highest BCUT2D eigenvalue weighted by molar-refractivity contribution is 9.10. The fourth-order valence-electron chi connectivity index (χ4n) is 0.993. The second kappa shape index (κ2) is 5.37. The Morgan fingerprint density at radius 2 is 2.40 bits per heavy atom. The first-order chi connectivity index (χ1) is 7.17. The Balaban J connectivity index is 2.84. The quantitative estimate of drug-likeness (QED) is 0.915. The molecule has 0 saturated carbocycles. The summed E-state index contributed by atoms with van der Waals surface area (Å²) in [5.74, 6) is 0.303. The Morgan fingerprint density at radius 3 is 3.00 bits per heavy atom. The average molecular weight is 269 g/mol. The number of anilines is 1. The lowest BCUT2D eigenvalue weighted by molar-refractivity contribution is -0.115. The van der Waals surface area contributed by atoms with Crippen molar-refractivity contribution < 1.29 is 9.53 Å². The largest absolute Gasteiger partial charge is 0.497 e. The molecule has 0 aliphatic heterocycles. The number of nitrogens with zero attached hydrogens (tertiary/aromatic N) is 1. The minimum absolute atomic E-state index is 0.163. The van der Waals surface area contributed by atoms with E-state index in [-0.39, 0.29) is 12.3 Å². The number of rotatable bonds is 3. The van der Waals surface area contributed by atoms with E-state index in [0.717, 1.165) is 4.47 Å². The molecule has 0 fully saturated rings. The fourth-order valence-corrected chi connectivity index (χ4v) is 1.34. The van der Waals surface area contributed by atoms with Crippen molar-refractivity contribution in [2.45, 2.75) is 6.42 Å². The van der Waals surface area contributed by atoms with Gasteiger partial charge in [0.25, 0.3) is 0 Å². The first-order valence-corrected chi connectivity index (χ1v) is 4.97. The number of nitriles is 1. The number of amides is 1. The highest BCUT2D eigenvalue weighted by Crippen LogP contribution is 2.27. The fraction of sp³-hybridized carbons (Fsp3) is 0.200. The van der Waals surface area contributed by atoms with Crippen molar-refractivity contribution in [1.82, 2.24) is 0 Å². The molecular weight excluding hydrogens is 260 g/mol. The molecule has 4 nitrogen and oxygen atoms in total. The van der Waals surface area contributed by atoms with Crippen molar-refractivity contribution in [2.24, 2.45) is 0 Å². The van der Waals surface area contributed by atoms with E-state index < -0.39 is 0 Å². The Bertz CT molecular complexity index is 412. The predicted octanol–water partition coefficient (Wildman–Crippen LogP) is 2.31. The zero-order valence-electron chi connectivity index (χ0n) is 8.08. The molecule has 0 saturated heterocycles. The number of carbonyl (C=O) groups excluding carboxylic acids is 1. The normalized spacial score (nSPS) is 9.13. The highest BCUT2D eigenvalue weighted by atomic mass is 79.9. The standard InChI is InChI=1S/C10H9BrN2O2/c1-15-7-2-3-8(11)9(6-7)13-10(14)4-5-12/h2-3,6H,4H2,1H3,(H,13,14). The maximum absolute atomic E-state index is 11.2. The molecule has 78 valence electrons. The van der Waals surface area contributed by atoms with Crippen LogP contribution in [0.3, 0.4) is 0 Å². The summed E-state index contributed by atoms with van der Waals surface area (Å²) in [6.45, 7) is 0. The van der Waals surface area contributed by atoms with Gasteiger partial charge in [-0.25, -0.2) is 0 Å². The van der Waals surface area contributed by atoms with Crippen LogP contribution >= 0.6 is 15.9 Å². The van der Waals surface area contributed by atoms with E-state index in [2.05, 4.69) is 21.2 Å². The lowest BCUT2D eigenvalue weighted by Gasteiger charge is -2.07. The molecule has 1 N–H and O–H groups in total. The topological polar surface area (TPSA) is 62.1 Å². The molecule has 0 aromatic heterocycles. The van der Waals surface area contributed by atoms with Crippen LogP contribution < -0.4 is 10.1 Å². The Labute approximate surface area is 96.0 Å². The molecule has 0 heterocycles. The molecule has 1 aromatic carbocycles. The lowest BCUT2D eigenvalue weighted by atomic mass is 10.3. The molecule has 1 rings (SSSR count). The Morgan fingerprint density at radius 1 is 1.67 bits per heavy atom. The maximum atomic E-state index is 11.2. The molecule has 0 spiro atoms. The molecule has 0 bridgehead atoms. The summed E-state index contributed by atoms with van der Waals surface area (Å²) in [6, 6.07) is 6.99. The van der Waals surface area contributed by atoms with Gasteiger partial charge in [0, 0.05) is 10.5 Å². The number of ether oxygens (including phenoxy) is 1. The number of benzene rings is 1. The van der Waals surface area contributed by atoms with Gasteiger partial charge in [-0.05, 0) is 28.1 Å². The number of nitrogens with one attached hydrogen (secondary N) is 1. The Hall–Kier alpha value is -1.54. The summed E-state index contributed by atoms with van der Waals surface area (Å²) < 4.78 is 5.76. The number of hydrogen-bond acceptors (Lipinski definition) is 3. The third-order valence-electron chi connectivity index (χ3n) is 1.69. The summed E-state index contributed by atoms with van der Waals surface area (Å²) in [7, 11) is 1.55. The molecule has 0 aliphatic rings. The van der Waals surface area contributed by atoms with Crippen LogP contribution in [0.15, 0.2) is 22.7 Å². The van der Waals surface area contributed by atoms with Gasteiger partial charge in [0.05, 0.1) is 18.9 Å². The molecule has 1 amide bonds. The van der Waals surface area contributed by atoms with E-state index in [0.29, 0.717) is 11.4 Å². The SMILES string of the molecule is COc1ccc(Br)c(NC(=O)CC#N)c1. The number of methoxy groups -OCH3 is 1. The van der Waals surface area contributed by atoms with Crippen LogP contribution in [-0.2, 0) is 4.79 Å². The number of hydrogen-bond donors (Lipinski definition) is 1. The van der Waals surface area contributed by atoms with Gasteiger partial charge in [0.15, 0.2) is 0 Å². The van der Waals surface area contributed by atoms with Crippen LogP contribution in [0.4, 0.5) is 5.69 Å². The monoisotopic (exact) mass is 268 g/mol. The molecular formula is C10H9BrN2O2. The molecule has 0 atom stereocenters. The van der Waals surface area contributed by atoms with E-state index in [1.165, 1.54) is 0 Å². The molecule has 0 radical (unpaired) electrons. The first kappa shape index (κ1) is 11.5. The minimum Gasteiger partial charge on any atom is -0.497 e. The Kier molecular flexibility index (Phi) is 4.13.